The van der Waals surface area contributed by atoms with E-state index in [1.165, 1.54) is 4.90 Å². The zero-order valence-electron chi connectivity index (χ0n) is 8.82. The van der Waals surface area contributed by atoms with Gasteiger partial charge in [-0.05, 0) is 24.4 Å². The van der Waals surface area contributed by atoms with Gasteiger partial charge in [0.15, 0.2) is 5.82 Å². The summed E-state index contributed by atoms with van der Waals surface area (Å²) in [5, 5.41) is -0.133. The van der Waals surface area contributed by atoms with Crippen LogP contribution in [0.5, 0.6) is 0 Å². The Hall–Kier alpha value is -1.63. The summed E-state index contributed by atoms with van der Waals surface area (Å²) in [5.41, 5.74) is 2.13. The van der Waals surface area contributed by atoms with Crippen LogP contribution >= 0.6 is 11.6 Å². The lowest BCUT2D eigenvalue weighted by atomic mass is 10.4. The summed E-state index contributed by atoms with van der Waals surface area (Å²) in [6, 6.07) is 0. The van der Waals surface area contributed by atoms with Gasteiger partial charge in [-0.15, -0.1) is 0 Å². The first kappa shape index (κ1) is 11.8. The van der Waals surface area contributed by atoms with E-state index < -0.39 is 11.9 Å². The highest BCUT2D eigenvalue weighted by molar-refractivity contribution is 6.28. The summed E-state index contributed by atoms with van der Waals surface area (Å²) in [7, 11) is 0. The molecule has 1 fully saturated rings. The van der Waals surface area contributed by atoms with Crippen molar-refractivity contribution in [3.8, 4) is 0 Å². The average molecular weight is 261 g/mol. The molecule has 1 aliphatic heterocycles. The zero-order chi connectivity index (χ0) is 12.3. The van der Waals surface area contributed by atoms with Crippen molar-refractivity contribution in [1.82, 2.24) is 14.9 Å². The van der Waals surface area contributed by atoms with Gasteiger partial charge in [0.25, 0.3) is 0 Å². The molecule has 0 unspecified atom stereocenters. The Morgan fingerprint density at radius 2 is 2.24 bits per heavy atom. The van der Waals surface area contributed by atoms with Gasteiger partial charge in [0.2, 0.25) is 11.1 Å². The Morgan fingerprint density at radius 3 is 2.94 bits per heavy atom. The molecule has 0 atom stereocenters. The molecule has 0 spiro atoms. The molecule has 0 saturated carbocycles. The summed E-state index contributed by atoms with van der Waals surface area (Å²) in [6.07, 6.45) is 2.23. The summed E-state index contributed by atoms with van der Waals surface area (Å²) in [5.74, 6) is -1.01. The first-order chi connectivity index (χ1) is 8.16. The highest BCUT2D eigenvalue weighted by Crippen LogP contribution is 2.13. The van der Waals surface area contributed by atoms with E-state index in [1.807, 2.05) is 0 Å². The lowest BCUT2D eigenvalue weighted by Gasteiger charge is -2.14. The van der Waals surface area contributed by atoms with Crippen LogP contribution in [0.25, 0.3) is 0 Å². The van der Waals surface area contributed by atoms with Crippen molar-refractivity contribution in [2.45, 2.75) is 12.8 Å². The number of likely N-dealkylation sites (tertiary alicyclic amines) is 1. The van der Waals surface area contributed by atoms with Gasteiger partial charge in [-0.1, -0.05) is 0 Å². The molecule has 1 N–H and O–H groups in total. The second kappa shape index (κ2) is 5.13. The van der Waals surface area contributed by atoms with Crippen LogP contribution in [0, 0.1) is 5.82 Å². The number of amides is 1. The van der Waals surface area contributed by atoms with Crippen LogP contribution in [-0.2, 0) is 4.84 Å². The average Bonchev–Trinajstić information content (AvgIpc) is 2.83. The molecular weight excluding hydrogens is 251 g/mol. The van der Waals surface area contributed by atoms with Gasteiger partial charge in [0, 0.05) is 13.1 Å². The van der Waals surface area contributed by atoms with E-state index in [0.717, 1.165) is 19.0 Å². The molecule has 0 aliphatic carbocycles. The molecule has 1 aromatic heterocycles. The first-order valence-electron chi connectivity index (χ1n) is 5.06. The van der Waals surface area contributed by atoms with Crippen molar-refractivity contribution in [3.63, 3.8) is 0 Å². The van der Waals surface area contributed by atoms with Gasteiger partial charge in [0.05, 0.1) is 6.20 Å². The minimum absolute atomic E-state index is 0.133. The number of carbonyl (C=O) groups excluding carboxylic acids is 1. The van der Waals surface area contributed by atoms with Crippen LogP contribution in [0.2, 0.25) is 5.28 Å². The molecule has 1 aromatic rings. The summed E-state index contributed by atoms with van der Waals surface area (Å²) >= 11 is 5.48. The summed E-state index contributed by atoms with van der Waals surface area (Å²) < 4.78 is 13.1. The number of anilines is 1. The quantitative estimate of drug-likeness (QED) is 0.649. The Labute approximate surface area is 102 Å². The molecule has 0 aromatic carbocycles. The molecule has 1 saturated heterocycles. The maximum atomic E-state index is 13.1. The van der Waals surface area contributed by atoms with Crippen LogP contribution in [0.1, 0.15) is 12.8 Å². The minimum atomic E-state index is -0.747. The van der Waals surface area contributed by atoms with E-state index in [1.54, 1.807) is 0 Å². The van der Waals surface area contributed by atoms with Gasteiger partial charge in [-0.2, -0.15) is 10.5 Å². The maximum Gasteiger partial charge on any atom is 0.434 e. The molecule has 92 valence electrons. The number of hydrogen-bond donors (Lipinski definition) is 1. The zero-order valence-corrected chi connectivity index (χ0v) is 9.58. The molecular formula is C9H10ClFN4O2. The lowest BCUT2D eigenvalue weighted by molar-refractivity contribution is 0.131. The standard InChI is InChI=1S/C9H10ClFN4O2/c10-8-12-5-6(11)7(13-8)14-17-9(16)15-3-1-2-4-15/h5H,1-4H2,(H,12,13,14). The van der Waals surface area contributed by atoms with Crippen molar-refractivity contribution in [2.24, 2.45) is 0 Å². The molecule has 2 heterocycles. The van der Waals surface area contributed by atoms with E-state index in [-0.39, 0.29) is 11.1 Å². The van der Waals surface area contributed by atoms with Gasteiger partial charge in [0.1, 0.15) is 0 Å². The third-order valence-electron chi connectivity index (χ3n) is 2.31. The molecule has 0 bridgehead atoms. The van der Waals surface area contributed by atoms with Crippen molar-refractivity contribution >= 4 is 23.5 Å². The van der Waals surface area contributed by atoms with Gasteiger partial charge in [-0.3, -0.25) is 0 Å². The van der Waals surface area contributed by atoms with Gasteiger partial charge in [-0.25, -0.2) is 14.2 Å². The Morgan fingerprint density at radius 1 is 1.53 bits per heavy atom. The number of carbonyl (C=O) groups is 1. The van der Waals surface area contributed by atoms with Crippen LogP contribution in [0.4, 0.5) is 15.0 Å². The number of halogens is 2. The maximum absolute atomic E-state index is 13.1. The molecule has 6 nitrogen and oxygen atoms in total. The fraction of sp³-hybridized carbons (Fsp3) is 0.444. The molecule has 8 heteroatoms. The van der Waals surface area contributed by atoms with E-state index in [0.29, 0.717) is 13.1 Å². The molecule has 0 radical (unpaired) electrons. The van der Waals surface area contributed by atoms with Crippen molar-refractivity contribution in [3.05, 3.63) is 17.3 Å². The van der Waals surface area contributed by atoms with E-state index in [4.69, 9.17) is 16.4 Å². The van der Waals surface area contributed by atoms with Gasteiger partial charge < -0.3 is 9.74 Å². The number of nitrogens with one attached hydrogen (secondary N) is 1. The van der Waals surface area contributed by atoms with Crippen LogP contribution in [-0.4, -0.2) is 34.1 Å². The summed E-state index contributed by atoms with van der Waals surface area (Å²) in [4.78, 5) is 24.7. The molecule has 1 aliphatic rings. The second-order valence-corrected chi connectivity index (χ2v) is 3.84. The Kier molecular flexibility index (Phi) is 3.58. The minimum Gasteiger partial charge on any atom is -0.322 e. The van der Waals surface area contributed by atoms with E-state index in [2.05, 4.69) is 15.4 Å². The predicted octanol–water partition coefficient (Wildman–Crippen LogP) is 1.83. The van der Waals surface area contributed by atoms with Crippen molar-refractivity contribution in [2.75, 3.05) is 18.6 Å². The summed E-state index contributed by atoms with van der Waals surface area (Å²) in [6.45, 7) is 1.29. The molecule has 1 amide bonds. The third kappa shape index (κ3) is 2.94. The van der Waals surface area contributed by atoms with Crippen molar-refractivity contribution < 1.29 is 14.0 Å². The SMILES string of the molecule is O=C(ONc1nc(Cl)ncc1F)N1CCCC1. The van der Waals surface area contributed by atoms with Crippen LogP contribution < -0.4 is 5.48 Å². The monoisotopic (exact) mass is 260 g/mol. The second-order valence-electron chi connectivity index (χ2n) is 3.50. The highest BCUT2D eigenvalue weighted by Gasteiger charge is 2.20. The lowest BCUT2D eigenvalue weighted by Crippen LogP contribution is -2.30. The third-order valence-corrected chi connectivity index (χ3v) is 2.50. The number of hydrogen-bond acceptors (Lipinski definition) is 5. The van der Waals surface area contributed by atoms with Crippen LogP contribution in [0.15, 0.2) is 6.20 Å². The van der Waals surface area contributed by atoms with Gasteiger partial charge >= 0.3 is 6.09 Å². The first-order valence-corrected chi connectivity index (χ1v) is 5.44. The Bertz CT molecular complexity index is 425. The largest absolute Gasteiger partial charge is 0.434 e. The van der Waals surface area contributed by atoms with Crippen LogP contribution in [0.3, 0.4) is 0 Å². The normalized spacial score (nSPS) is 14.8. The number of nitrogens with zero attached hydrogens (tertiary/aromatic N) is 3. The fourth-order valence-corrected chi connectivity index (χ4v) is 1.61. The van der Waals surface area contributed by atoms with Crippen molar-refractivity contribution in [1.29, 1.82) is 0 Å². The fourth-order valence-electron chi connectivity index (χ4n) is 1.47. The molecule has 17 heavy (non-hydrogen) atoms. The molecule has 2 rings (SSSR count). The smallest absolute Gasteiger partial charge is 0.322 e. The van der Waals surface area contributed by atoms with E-state index in [9.17, 15) is 9.18 Å². The predicted molar refractivity (Wildman–Crippen MR) is 57.9 cm³/mol. The Balaban J connectivity index is 1.92. The number of rotatable bonds is 2. The topological polar surface area (TPSA) is 67.3 Å². The highest BCUT2D eigenvalue weighted by atomic mass is 35.5. The van der Waals surface area contributed by atoms with E-state index >= 15 is 0 Å². The number of aromatic nitrogens is 2.